The van der Waals surface area contributed by atoms with Gasteiger partial charge < -0.3 is 9.84 Å². The number of ether oxygens (including phenoxy) is 1. The molecule has 0 amide bonds. The molecule has 3 nitrogen and oxygen atoms in total. The summed E-state index contributed by atoms with van der Waals surface area (Å²) >= 11 is 0. The zero-order valence-corrected chi connectivity index (χ0v) is 8.60. The monoisotopic (exact) mass is 203 g/mol. The van der Waals surface area contributed by atoms with Gasteiger partial charge in [-0.15, -0.1) is 0 Å². The van der Waals surface area contributed by atoms with E-state index in [1.165, 1.54) is 0 Å². The molecular weight excluding hydrogens is 190 g/mol. The number of aliphatic hydroxyl groups is 1. The van der Waals surface area contributed by atoms with Crippen LogP contribution in [0, 0.1) is 17.2 Å². The summed E-state index contributed by atoms with van der Waals surface area (Å²) in [6, 6.07) is 9.82. The van der Waals surface area contributed by atoms with Gasteiger partial charge in [-0.05, 0) is 24.1 Å². The van der Waals surface area contributed by atoms with Crippen molar-refractivity contribution in [3.8, 4) is 11.8 Å². The molecule has 2 unspecified atom stereocenters. The summed E-state index contributed by atoms with van der Waals surface area (Å²) in [5.74, 6) is 0.834. The maximum absolute atomic E-state index is 9.17. The van der Waals surface area contributed by atoms with Gasteiger partial charge in [-0.1, -0.05) is 12.1 Å². The standard InChI is InChI=1S/C12H13NO2/c1-15-11-4-2-3-9(5-11)12(8-13)6-10(12)7-14/h2-5,10,14H,6-7H2,1H3. The molecule has 78 valence electrons. The molecule has 1 aromatic carbocycles. The second kappa shape index (κ2) is 3.56. The number of methoxy groups -OCH3 is 1. The van der Waals surface area contributed by atoms with Crippen LogP contribution < -0.4 is 4.74 Å². The van der Waals surface area contributed by atoms with E-state index in [-0.39, 0.29) is 12.5 Å². The van der Waals surface area contributed by atoms with E-state index in [1.807, 2.05) is 24.3 Å². The Balaban J connectivity index is 2.34. The molecule has 0 radical (unpaired) electrons. The molecule has 0 bridgehead atoms. The largest absolute Gasteiger partial charge is 0.497 e. The van der Waals surface area contributed by atoms with E-state index in [0.29, 0.717) is 0 Å². The summed E-state index contributed by atoms with van der Waals surface area (Å²) < 4.78 is 5.12. The molecule has 1 N–H and O–H groups in total. The molecule has 0 spiro atoms. The van der Waals surface area contributed by atoms with Crippen molar-refractivity contribution in [2.45, 2.75) is 11.8 Å². The van der Waals surface area contributed by atoms with Gasteiger partial charge in [-0.25, -0.2) is 0 Å². The van der Waals surface area contributed by atoms with Crippen LogP contribution in [0.25, 0.3) is 0 Å². The first-order valence-corrected chi connectivity index (χ1v) is 4.93. The molecule has 1 aliphatic carbocycles. The first-order chi connectivity index (χ1) is 7.26. The second-order valence-electron chi connectivity index (χ2n) is 3.90. The highest BCUT2D eigenvalue weighted by Crippen LogP contribution is 2.53. The second-order valence-corrected chi connectivity index (χ2v) is 3.90. The molecule has 15 heavy (non-hydrogen) atoms. The molecule has 2 atom stereocenters. The lowest BCUT2D eigenvalue weighted by atomic mass is 9.95. The van der Waals surface area contributed by atoms with E-state index in [4.69, 9.17) is 9.84 Å². The minimum atomic E-state index is -0.483. The van der Waals surface area contributed by atoms with E-state index < -0.39 is 5.41 Å². The van der Waals surface area contributed by atoms with Crippen LogP contribution in [-0.2, 0) is 5.41 Å². The SMILES string of the molecule is COc1cccc(C2(C#N)CC2CO)c1. The van der Waals surface area contributed by atoms with Crippen molar-refractivity contribution in [3.63, 3.8) is 0 Å². The third-order valence-corrected chi connectivity index (χ3v) is 3.11. The summed E-state index contributed by atoms with van der Waals surface area (Å²) in [4.78, 5) is 0. The van der Waals surface area contributed by atoms with Gasteiger partial charge in [0.1, 0.15) is 5.75 Å². The predicted octanol–water partition coefficient (Wildman–Crippen LogP) is 1.47. The van der Waals surface area contributed by atoms with Gasteiger partial charge in [-0.3, -0.25) is 0 Å². The fourth-order valence-corrected chi connectivity index (χ4v) is 2.01. The summed E-state index contributed by atoms with van der Waals surface area (Å²) in [7, 11) is 1.61. The van der Waals surface area contributed by atoms with Crippen LogP contribution in [-0.4, -0.2) is 18.8 Å². The molecule has 0 saturated heterocycles. The number of aliphatic hydroxyl groups excluding tert-OH is 1. The third-order valence-electron chi connectivity index (χ3n) is 3.11. The summed E-state index contributed by atoms with van der Waals surface area (Å²) in [5, 5.41) is 18.3. The van der Waals surface area contributed by atoms with Crippen LogP contribution in [0.5, 0.6) is 5.75 Å². The molecule has 1 fully saturated rings. The highest BCUT2D eigenvalue weighted by molar-refractivity contribution is 5.44. The summed E-state index contributed by atoms with van der Waals surface area (Å²) in [6.45, 7) is 0.0742. The number of benzene rings is 1. The Morgan fingerprint density at radius 3 is 3.00 bits per heavy atom. The Morgan fingerprint density at radius 1 is 1.67 bits per heavy atom. The third kappa shape index (κ3) is 1.47. The van der Waals surface area contributed by atoms with Crippen molar-refractivity contribution in [1.29, 1.82) is 5.26 Å². The lowest BCUT2D eigenvalue weighted by Crippen LogP contribution is -2.09. The maximum atomic E-state index is 9.17. The van der Waals surface area contributed by atoms with E-state index in [2.05, 4.69) is 6.07 Å². The molecule has 1 saturated carbocycles. The first kappa shape index (κ1) is 10.0. The molecular formula is C12H13NO2. The van der Waals surface area contributed by atoms with Crippen LogP contribution in [0.4, 0.5) is 0 Å². The van der Waals surface area contributed by atoms with Crippen LogP contribution in [0.3, 0.4) is 0 Å². The number of rotatable bonds is 3. The van der Waals surface area contributed by atoms with E-state index in [1.54, 1.807) is 7.11 Å². The lowest BCUT2D eigenvalue weighted by molar-refractivity contribution is 0.269. The van der Waals surface area contributed by atoms with Gasteiger partial charge in [0.05, 0.1) is 18.6 Å². The zero-order chi connectivity index (χ0) is 10.9. The number of hydrogen-bond acceptors (Lipinski definition) is 3. The van der Waals surface area contributed by atoms with Crippen LogP contribution in [0.2, 0.25) is 0 Å². The van der Waals surface area contributed by atoms with Crippen molar-refractivity contribution in [1.82, 2.24) is 0 Å². The smallest absolute Gasteiger partial charge is 0.119 e. The molecule has 1 aliphatic rings. The van der Waals surface area contributed by atoms with Gasteiger partial charge in [0, 0.05) is 12.5 Å². The molecule has 1 aromatic rings. The van der Waals surface area contributed by atoms with Crippen LogP contribution >= 0.6 is 0 Å². The minimum Gasteiger partial charge on any atom is -0.497 e. The van der Waals surface area contributed by atoms with Crippen molar-refractivity contribution >= 4 is 0 Å². The molecule has 0 heterocycles. The Morgan fingerprint density at radius 2 is 2.47 bits per heavy atom. The zero-order valence-electron chi connectivity index (χ0n) is 8.60. The Hall–Kier alpha value is -1.53. The fourth-order valence-electron chi connectivity index (χ4n) is 2.01. The molecule has 3 heteroatoms. The van der Waals surface area contributed by atoms with Gasteiger partial charge in [0.15, 0.2) is 0 Å². The first-order valence-electron chi connectivity index (χ1n) is 4.93. The average Bonchev–Trinajstić information content (AvgIpc) is 3.04. The normalized spacial score (nSPS) is 28.2. The van der Waals surface area contributed by atoms with Gasteiger partial charge in [-0.2, -0.15) is 5.26 Å². The van der Waals surface area contributed by atoms with Crippen molar-refractivity contribution in [3.05, 3.63) is 29.8 Å². The lowest BCUT2D eigenvalue weighted by Gasteiger charge is -2.09. The number of nitriles is 1. The Kier molecular flexibility index (Phi) is 2.37. The Bertz CT molecular complexity index is 410. The molecule has 0 aromatic heterocycles. The summed E-state index contributed by atoms with van der Waals surface area (Å²) in [5.41, 5.74) is 0.465. The highest BCUT2D eigenvalue weighted by Gasteiger charge is 2.55. The van der Waals surface area contributed by atoms with Crippen LogP contribution in [0.1, 0.15) is 12.0 Å². The molecule has 2 rings (SSSR count). The number of nitrogens with zero attached hydrogens (tertiary/aromatic N) is 1. The quantitative estimate of drug-likeness (QED) is 0.809. The van der Waals surface area contributed by atoms with Gasteiger partial charge in [0.2, 0.25) is 0 Å². The Labute approximate surface area is 88.9 Å². The molecule has 0 aliphatic heterocycles. The van der Waals surface area contributed by atoms with Crippen molar-refractivity contribution < 1.29 is 9.84 Å². The van der Waals surface area contributed by atoms with Gasteiger partial charge in [0.25, 0.3) is 0 Å². The minimum absolute atomic E-state index is 0.0742. The predicted molar refractivity (Wildman–Crippen MR) is 55.5 cm³/mol. The van der Waals surface area contributed by atoms with Crippen molar-refractivity contribution in [2.75, 3.05) is 13.7 Å². The van der Waals surface area contributed by atoms with Crippen molar-refractivity contribution in [2.24, 2.45) is 5.92 Å². The highest BCUT2D eigenvalue weighted by atomic mass is 16.5. The van der Waals surface area contributed by atoms with E-state index in [0.717, 1.165) is 17.7 Å². The average molecular weight is 203 g/mol. The maximum Gasteiger partial charge on any atom is 0.119 e. The van der Waals surface area contributed by atoms with Crippen LogP contribution in [0.15, 0.2) is 24.3 Å². The van der Waals surface area contributed by atoms with E-state index in [9.17, 15) is 5.26 Å². The number of hydrogen-bond donors (Lipinski definition) is 1. The topological polar surface area (TPSA) is 53.2 Å². The fraction of sp³-hybridized carbons (Fsp3) is 0.417. The summed E-state index contributed by atoms with van der Waals surface area (Å²) in [6.07, 6.45) is 0.743. The van der Waals surface area contributed by atoms with E-state index >= 15 is 0 Å². The van der Waals surface area contributed by atoms with Gasteiger partial charge >= 0.3 is 0 Å².